The lowest BCUT2D eigenvalue weighted by Gasteiger charge is -2.22. The number of hydrogen-bond donors (Lipinski definition) is 5. The van der Waals surface area contributed by atoms with E-state index in [1.165, 1.54) is 12.2 Å². The molecule has 0 saturated heterocycles. The van der Waals surface area contributed by atoms with Crippen molar-refractivity contribution >= 4 is 23.7 Å². The predicted molar refractivity (Wildman–Crippen MR) is 139 cm³/mol. The number of hydrogen-bond acceptors (Lipinski definition) is 4. The zero-order valence-corrected chi connectivity index (χ0v) is 20.7. The number of aliphatic imine (C=N–C) groups is 1. The Morgan fingerprint density at radius 2 is 1.77 bits per heavy atom. The number of nitrogens with one attached hydrogen (secondary N) is 2. The van der Waals surface area contributed by atoms with Gasteiger partial charge in [0, 0.05) is 25.1 Å². The number of carboxylic acid groups (broad SMARTS) is 1. The zero-order chi connectivity index (χ0) is 26.1. The van der Waals surface area contributed by atoms with E-state index in [1.807, 2.05) is 37.3 Å². The minimum Gasteiger partial charge on any atom is -0.478 e. The maximum absolute atomic E-state index is 13.2. The van der Waals surface area contributed by atoms with Crippen LogP contribution in [0.1, 0.15) is 56.6 Å². The Balaban J connectivity index is 2.93. The van der Waals surface area contributed by atoms with Gasteiger partial charge in [-0.3, -0.25) is 14.6 Å². The zero-order valence-electron chi connectivity index (χ0n) is 20.7. The topological polar surface area (TPSA) is 160 Å². The third kappa shape index (κ3) is 14.3. The molecule has 0 bridgehead atoms. The maximum Gasteiger partial charge on any atom is 0.328 e. The highest BCUT2D eigenvalue weighted by Crippen LogP contribution is 2.08. The van der Waals surface area contributed by atoms with Crippen molar-refractivity contribution in [1.29, 1.82) is 0 Å². The lowest BCUT2D eigenvalue weighted by Crippen LogP contribution is -2.50. The Labute approximate surface area is 207 Å². The molecule has 9 nitrogen and oxygen atoms in total. The minimum absolute atomic E-state index is 0.0321. The van der Waals surface area contributed by atoms with E-state index < -0.39 is 24.0 Å². The van der Waals surface area contributed by atoms with E-state index in [2.05, 4.69) is 22.5 Å². The van der Waals surface area contributed by atoms with Crippen molar-refractivity contribution in [1.82, 2.24) is 10.6 Å². The van der Waals surface area contributed by atoms with Gasteiger partial charge in [-0.1, -0.05) is 61.7 Å². The maximum atomic E-state index is 13.2. The third-order valence-electron chi connectivity index (χ3n) is 5.20. The quantitative estimate of drug-likeness (QED) is 0.105. The van der Waals surface area contributed by atoms with Gasteiger partial charge in [-0.05, 0) is 44.2 Å². The number of carbonyl (C=O) groups excluding carboxylic acids is 2. The van der Waals surface area contributed by atoms with Gasteiger partial charge in [0.2, 0.25) is 11.8 Å². The van der Waals surface area contributed by atoms with Crippen molar-refractivity contribution in [3.8, 4) is 0 Å². The van der Waals surface area contributed by atoms with Crippen LogP contribution in [0.3, 0.4) is 0 Å². The molecule has 1 rings (SSSR count). The Bertz CT molecular complexity index is 890. The number of allylic oxidation sites excluding steroid dienone is 1. The molecule has 192 valence electrons. The standard InChI is InChI=1S/C26H39N5O4/c1-3-4-5-6-7-10-23(32)31-22(18-20-13-11-19(2)12-14-20)25(35)30-21(15-16-24(33)34)9-8-17-29-26(27)28/h7,10-16,21-22H,3-6,8-9,17-18H2,1-2H3,(H,30,35)(H,31,32)(H,33,34)(H4,27,28,29)/b10-7+,16-15+/t21-,22-/m0/s1. The van der Waals surface area contributed by atoms with E-state index in [1.54, 1.807) is 0 Å². The molecule has 0 fully saturated rings. The predicted octanol–water partition coefficient (Wildman–Crippen LogP) is 2.34. The number of guanidine groups is 1. The van der Waals surface area contributed by atoms with Gasteiger partial charge in [0.25, 0.3) is 0 Å². The monoisotopic (exact) mass is 485 g/mol. The fourth-order valence-electron chi connectivity index (χ4n) is 3.31. The van der Waals surface area contributed by atoms with Gasteiger partial charge in [-0.15, -0.1) is 0 Å². The highest BCUT2D eigenvalue weighted by atomic mass is 16.4. The van der Waals surface area contributed by atoms with E-state index in [0.717, 1.165) is 42.9 Å². The molecule has 0 unspecified atom stereocenters. The molecule has 2 atom stereocenters. The molecule has 1 aromatic carbocycles. The Morgan fingerprint density at radius 3 is 2.40 bits per heavy atom. The van der Waals surface area contributed by atoms with Crippen LogP contribution < -0.4 is 22.1 Å². The summed E-state index contributed by atoms with van der Waals surface area (Å²) in [4.78, 5) is 40.6. The number of aliphatic carboxylic acids is 1. The summed E-state index contributed by atoms with van der Waals surface area (Å²) >= 11 is 0. The van der Waals surface area contributed by atoms with Crippen LogP contribution in [0.25, 0.3) is 0 Å². The summed E-state index contributed by atoms with van der Waals surface area (Å²) < 4.78 is 0. The van der Waals surface area contributed by atoms with Crippen molar-refractivity contribution in [3.05, 3.63) is 59.7 Å². The fourth-order valence-corrected chi connectivity index (χ4v) is 3.31. The average Bonchev–Trinajstić information content (AvgIpc) is 2.80. The van der Waals surface area contributed by atoms with E-state index in [0.29, 0.717) is 25.8 Å². The molecule has 0 aliphatic rings. The van der Waals surface area contributed by atoms with Gasteiger partial charge in [0.1, 0.15) is 6.04 Å². The molecule has 0 spiro atoms. The van der Waals surface area contributed by atoms with Crippen molar-refractivity contribution in [2.75, 3.05) is 6.54 Å². The van der Waals surface area contributed by atoms with Crippen molar-refractivity contribution in [2.24, 2.45) is 16.5 Å². The molecule has 0 saturated carbocycles. The lowest BCUT2D eigenvalue weighted by atomic mass is 10.0. The molecule has 0 heterocycles. The molecule has 0 radical (unpaired) electrons. The largest absolute Gasteiger partial charge is 0.478 e. The van der Waals surface area contributed by atoms with Crippen LogP contribution in [0.15, 0.2) is 53.6 Å². The van der Waals surface area contributed by atoms with Gasteiger partial charge in [-0.25, -0.2) is 4.79 Å². The van der Waals surface area contributed by atoms with Crippen molar-refractivity contribution in [3.63, 3.8) is 0 Å². The van der Waals surface area contributed by atoms with E-state index in [9.17, 15) is 14.4 Å². The van der Waals surface area contributed by atoms with Crippen LogP contribution in [0.4, 0.5) is 0 Å². The lowest BCUT2D eigenvalue weighted by molar-refractivity contribution is -0.131. The summed E-state index contributed by atoms with van der Waals surface area (Å²) in [6, 6.07) is 6.33. The molecule has 9 heteroatoms. The third-order valence-corrected chi connectivity index (χ3v) is 5.20. The highest BCUT2D eigenvalue weighted by Gasteiger charge is 2.22. The molecular formula is C26H39N5O4. The van der Waals surface area contributed by atoms with E-state index in [4.69, 9.17) is 16.6 Å². The van der Waals surface area contributed by atoms with Gasteiger partial charge < -0.3 is 27.2 Å². The summed E-state index contributed by atoms with van der Waals surface area (Å²) in [5.74, 6) is -1.90. The highest BCUT2D eigenvalue weighted by molar-refractivity contribution is 5.93. The van der Waals surface area contributed by atoms with Crippen molar-refractivity contribution < 1.29 is 19.5 Å². The number of unbranched alkanes of at least 4 members (excludes halogenated alkanes) is 3. The second-order valence-electron chi connectivity index (χ2n) is 8.41. The molecule has 0 aliphatic carbocycles. The summed E-state index contributed by atoms with van der Waals surface area (Å²) in [6.07, 6.45) is 10.9. The number of benzene rings is 1. The smallest absolute Gasteiger partial charge is 0.328 e. The molecule has 1 aromatic rings. The summed E-state index contributed by atoms with van der Waals surface area (Å²) in [7, 11) is 0. The SMILES string of the molecule is CCCCC/C=C/C(=O)N[C@@H](Cc1ccc(C)cc1)C(=O)N[C@H](/C=C/C(=O)O)CCCN=C(N)N. The molecule has 2 amide bonds. The van der Waals surface area contributed by atoms with Gasteiger partial charge >= 0.3 is 5.97 Å². The van der Waals surface area contributed by atoms with Crippen LogP contribution in [-0.4, -0.2) is 47.5 Å². The Morgan fingerprint density at radius 1 is 1.06 bits per heavy atom. The molecule has 7 N–H and O–H groups in total. The summed E-state index contributed by atoms with van der Waals surface area (Å²) in [5, 5.41) is 14.6. The normalized spacial score (nSPS) is 12.9. The first kappa shape index (κ1) is 29.4. The van der Waals surface area contributed by atoms with Gasteiger partial charge in [0.05, 0.1) is 0 Å². The second-order valence-corrected chi connectivity index (χ2v) is 8.41. The van der Waals surface area contributed by atoms with Crippen LogP contribution in [0.5, 0.6) is 0 Å². The van der Waals surface area contributed by atoms with Gasteiger partial charge in [0.15, 0.2) is 5.96 Å². The Kier molecular flexibility index (Phi) is 14.2. The number of rotatable bonds is 16. The number of carbonyl (C=O) groups is 3. The van der Waals surface area contributed by atoms with Crippen LogP contribution in [-0.2, 0) is 20.8 Å². The summed E-state index contributed by atoms with van der Waals surface area (Å²) in [6.45, 7) is 4.44. The molecule has 35 heavy (non-hydrogen) atoms. The first-order valence-corrected chi connectivity index (χ1v) is 12.0. The average molecular weight is 486 g/mol. The van der Waals surface area contributed by atoms with Crippen LogP contribution in [0.2, 0.25) is 0 Å². The van der Waals surface area contributed by atoms with E-state index in [-0.39, 0.29) is 11.9 Å². The molecule has 0 aromatic heterocycles. The van der Waals surface area contributed by atoms with E-state index >= 15 is 0 Å². The first-order valence-electron chi connectivity index (χ1n) is 12.0. The molecular weight excluding hydrogens is 446 g/mol. The van der Waals surface area contributed by atoms with Crippen LogP contribution >= 0.6 is 0 Å². The second kappa shape index (κ2) is 16.9. The molecule has 0 aliphatic heterocycles. The number of nitrogens with two attached hydrogens (primary N) is 2. The van der Waals surface area contributed by atoms with Crippen molar-refractivity contribution in [2.45, 2.75) is 70.9 Å². The van der Waals surface area contributed by atoms with Gasteiger partial charge in [-0.2, -0.15) is 0 Å². The minimum atomic E-state index is -1.12. The number of nitrogens with zero attached hydrogens (tertiary/aromatic N) is 1. The van der Waals surface area contributed by atoms with Crippen LogP contribution in [0, 0.1) is 6.92 Å². The number of aryl methyl sites for hydroxylation is 1. The first-order chi connectivity index (χ1) is 16.7. The number of amides is 2. The number of carboxylic acids is 1. The fraction of sp³-hybridized carbons (Fsp3) is 0.462. The summed E-state index contributed by atoms with van der Waals surface area (Å²) in [5.41, 5.74) is 12.7. The Hall–Kier alpha value is -3.62.